The summed E-state index contributed by atoms with van der Waals surface area (Å²) >= 11 is 6.00. The molecule has 2 rings (SSSR count). The fraction of sp³-hybridized carbons (Fsp3) is 0.188. The van der Waals surface area contributed by atoms with Gasteiger partial charge in [-0.05, 0) is 36.8 Å². The van der Waals surface area contributed by atoms with Crippen LogP contribution in [0.1, 0.15) is 25.5 Å². The van der Waals surface area contributed by atoms with Crippen LogP contribution < -0.4 is 10.6 Å². The molecule has 2 aromatic rings. The maximum atomic E-state index is 13.8. The molecule has 0 heterocycles. The lowest BCUT2D eigenvalue weighted by molar-refractivity contribution is -0.114. The van der Waals surface area contributed by atoms with Crippen LogP contribution in [-0.2, 0) is 4.79 Å². The van der Waals surface area contributed by atoms with E-state index >= 15 is 0 Å². The Balaban J connectivity index is 2.20. The van der Waals surface area contributed by atoms with E-state index in [2.05, 4.69) is 10.6 Å². The molecule has 2 N–H and O–H groups in total. The molecule has 1 amide bonds. The van der Waals surface area contributed by atoms with Gasteiger partial charge in [0.1, 0.15) is 5.82 Å². The normalized spacial score (nSPS) is 11.8. The Morgan fingerprint density at radius 1 is 1.24 bits per heavy atom. The van der Waals surface area contributed by atoms with Gasteiger partial charge in [0.25, 0.3) is 0 Å². The van der Waals surface area contributed by atoms with Crippen molar-refractivity contribution < 1.29 is 9.18 Å². The molecule has 5 heteroatoms. The molecule has 110 valence electrons. The Morgan fingerprint density at radius 2 is 1.95 bits per heavy atom. The van der Waals surface area contributed by atoms with Gasteiger partial charge in [-0.2, -0.15) is 0 Å². The summed E-state index contributed by atoms with van der Waals surface area (Å²) in [6.45, 7) is 3.35. The van der Waals surface area contributed by atoms with Crippen LogP contribution in [0.25, 0.3) is 0 Å². The van der Waals surface area contributed by atoms with Crippen molar-refractivity contribution in [1.82, 2.24) is 0 Å². The molecule has 0 saturated heterocycles. The van der Waals surface area contributed by atoms with Gasteiger partial charge in [0.2, 0.25) is 5.91 Å². The first-order valence-corrected chi connectivity index (χ1v) is 6.93. The summed E-state index contributed by atoms with van der Waals surface area (Å²) in [5.74, 6) is -0.530. The molecule has 0 aromatic heterocycles. The third kappa shape index (κ3) is 3.95. The van der Waals surface area contributed by atoms with Crippen LogP contribution in [0.5, 0.6) is 0 Å². The molecule has 0 saturated carbocycles. The Bertz CT molecular complexity index is 640. The summed E-state index contributed by atoms with van der Waals surface area (Å²) in [7, 11) is 0. The Morgan fingerprint density at radius 3 is 2.62 bits per heavy atom. The predicted molar refractivity (Wildman–Crippen MR) is 84.2 cm³/mol. The van der Waals surface area contributed by atoms with Gasteiger partial charge in [-0.3, -0.25) is 4.79 Å². The van der Waals surface area contributed by atoms with E-state index in [0.29, 0.717) is 10.7 Å². The van der Waals surface area contributed by atoms with Crippen LogP contribution in [0.4, 0.5) is 15.8 Å². The minimum atomic E-state index is -0.396. The number of para-hydroxylation sites is 1. The van der Waals surface area contributed by atoms with Crippen molar-refractivity contribution in [2.45, 2.75) is 19.9 Å². The summed E-state index contributed by atoms with van der Waals surface area (Å²) < 4.78 is 13.8. The van der Waals surface area contributed by atoms with Gasteiger partial charge in [-0.1, -0.05) is 29.8 Å². The van der Waals surface area contributed by atoms with Crippen molar-refractivity contribution in [2.24, 2.45) is 0 Å². The van der Waals surface area contributed by atoms with E-state index in [4.69, 9.17) is 11.6 Å². The Kier molecular flexibility index (Phi) is 4.81. The molecule has 0 bridgehead atoms. The van der Waals surface area contributed by atoms with Gasteiger partial charge in [0.05, 0.1) is 10.7 Å². The van der Waals surface area contributed by atoms with Gasteiger partial charge < -0.3 is 10.6 Å². The minimum absolute atomic E-state index is 0.134. The maximum absolute atomic E-state index is 13.8. The van der Waals surface area contributed by atoms with E-state index in [1.807, 2.05) is 25.1 Å². The molecule has 1 atom stereocenters. The zero-order valence-electron chi connectivity index (χ0n) is 11.8. The van der Waals surface area contributed by atoms with Crippen LogP contribution in [0.3, 0.4) is 0 Å². The molecular weight excluding hydrogens is 291 g/mol. The van der Waals surface area contributed by atoms with E-state index in [1.54, 1.807) is 18.2 Å². The zero-order chi connectivity index (χ0) is 15.4. The number of benzene rings is 2. The van der Waals surface area contributed by atoms with E-state index in [0.717, 1.165) is 5.56 Å². The van der Waals surface area contributed by atoms with Crippen molar-refractivity contribution in [2.75, 3.05) is 10.6 Å². The van der Waals surface area contributed by atoms with Gasteiger partial charge in [0, 0.05) is 18.7 Å². The number of amides is 1. The van der Waals surface area contributed by atoms with E-state index in [-0.39, 0.29) is 17.6 Å². The minimum Gasteiger partial charge on any atom is -0.375 e. The molecule has 21 heavy (non-hydrogen) atoms. The molecule has 0 spiro atoms. The molecule has 3 nitrogen and oxygen atoms in total. The smallest absolute Gasteiger partial charge is 0.221 e. The van der Waals surface area contributed by atoms with E-state index in [1.165, 1.54) is 13.0 Å². The standard InChI is InChI=1S/C16H16ClFN2O/c1-10(19-16-14(17)7-4-8-15(16)18)12-5-3-6-13(9-12)20-11(2)21/h3-10,19H,1-2H3,(H,20,21). The topological polar surface area (TPSA) is 41.1 Å². The number of halogens is 2. The number of carbonyl (C=O) groups excluding carboxylic acids is 1. The first kappa shape index (κ1) is 15.3. The molecule has 2 aromatic carbocycles. The SMILES string of the molecule is CC(=O)Nc1cccc(C(C)Nc2c(F)cccc2Cl)c1. The molecule has 0 aliphatic rings. The average molecular weight is 307 g/mol. The third-order valence-corrected chi connectivity index (χ3v) is 3.35. The fourth-order valence-electron chi connectivity index (χ4n) is 2.02. The lowest BCUT2D eigenvalue weighted by atomic mass is 10.1. The summed E-state index contributed by atoms with van der Waals surface area (Å²) in [6, 6.07) is 11.8. The van der Waals surface area contributed by atoms with Gasteiger partial charge in [-0.25, -0.2) is 4.39 Å². The second kappa shape index (κ2) is 6.59. The number of rotatable bonds is 4. The van der Waals surface area contributed by atoms with Crippen molar-refractivity contribution >= 4 is 28.9 Å². The summed E-state index contributed by atoms with van der Waals surface area (Å²) in [4.78, 5) is 11.1. The van der Waals surface area contributed by atoms with Gasteiger partial charge in [0.15, 0.2) is 0 Å². The lowest BCUT2D eigenvalue weighted by Crippen LogP contribution is -2.10. The summed E-state index contributed by atoms with van der Waals surface area (Å²) in [6.07, 6.45) is 0. The molecule has 0 radical (unpaired) electrons. The monoisotopic (exact) mass is 306 g/mol. The van der Waals surface area contributed by atoms with Crippen LogP contribution in [0.15, 0.2) is 42.5 Å². The quantitative estimate of drug-likeness (QED) is 0.866. The maximum Gasteiger partial charge on any atom is 0.221 e. The highest BCUT2D eigenvalue weighted by Gasteiger charge is 2.12. The zero-order valence-corrected chi connectivity index (χ0v) is 12.5. The Labute approximate surface area is 128 Å². The molecule has 0 aliphatic carbocycles. The lowest BCUT2D eigenvalue weighted by Gasteiger charge is -2.18. The van der Waals surface area contributed by atoms with E-state index < -0.39 is 5.82 Å². The summed E-state index contributed by atoms with van der Waals surface area (Å²) in [5.41, 5.74) is 1.89. The number of carbonyl (C=O) groups is 1. The van der Waals surface area contributed by atoms with Crippen LogP contribution in [-0.4, -0.2) is 5.91 Å². The van der Waals surface area contributed by atoms with Crippen molar-refractivity contribution in [3.63, 3.8) is 0 Å². The fourth-order valence-corrected chi connectivity index (χ4v) is 2.24. The Hall–Kier alpha value is -2.07. The highest BCUT2D eigenvalue weighted by molar-refractivity contribution is 6.33. The highest BCUT2D eigenvalue weighted by Crippen LogP contribution is 2.29. The number of nitrogens with one attached hydrogen (secondary N) is 2. The highest BCUT2D eigenvalue weighted by atomic mass is 35.5. The van der Waals surface area contributed by atoms with Crippen LogP contribution in [0.2, 0.25) is 5.02 Å². The average Bonchev–Trinajstić information content (AvgIpc) is 2.42. The second-order valence-electron chi connectivity index (χ2n) is 4.77. The first-order valence-electron chi connectivity index (χ1n) is 6.55. The number of anilines is 2. The van der Waals surface area contributed by atoms with Crippen LogP contribution in [0, 0.1) is 5.82 Å². The van der Waals surface area contributed by atoms with Crippen molar-refractivity contribution in [3.05, 3.63) is 58.9 Å². The third-order valence-electron chi connectivity index (χ3n) is 3.03. The summed E-state index contributed by atoms with van der Waals surface area (Å²) in [5, 5.41) is 6.11. The van der Waals surface area contributed by atoms with Crippen LogP contribution >= 0.6 is 11.6 Å². The van der Waals surface area contributed by atoms with Gasteiger partial charge in [-0.15, -0.1) is 0 Å². The molecule has 0 fully saturated rings. The first-order chi connectivity index (χ1) is 9.97. The van der Waals surface area contributed by atoms with E-state index in [9.17, 15) is 9.18 Å². The van der Waals surface area contributed by atoms with Crippen molar-refractivity contribution in [3.8, 4) is 0 Å². The second-order valence-corrected chi connectivity index (χ2v) is 5.18. The molecular formula is C16H16ClFN2O. The van der Waals surface area contributed by atoms with Crippen molar-refractivity contribution in [1.29, 1.82) is 0 Å². The number of hydrogen-bond acceptors (Lipinski definition) is 2. The van der Waals surface area contributed by atoms with Gasteiger partial charge >= 0.3 is 0 Å². The number of hydrogen-bond donors (Lipinski definition) is 2. The predicted octanol–water partition coefficient (Wildman–Crippen LogP) is 4.61. The molecule has 1 unspecified atom stereocenters. The largest absolute Gasteiger partial charge is 0.375 e. The molecule has 0 aliphatic heterocycles.